The molecule has 1 N–H and O–H groups in total. The highest BCUT2D eigenvalue weighted by Gasteiger charge is 2.59. The molecule has 2 fully saturated rings. The fourth-order valence-corrected chi connectivity index (χ4v) is 7.23. The molecule has 194 valence electrons. The molecular formula is C30H44O5. The Labute approximate surface area is 211 Å². The summed E-state index contributed by atoms with van der Waals surface area (Å²) in [6.07, 6.45) is 10.7. The summed E-state index contributed by atoms with van der Waals surface area (Å²) < 4.78 is 11.6. The molecule has 0 spiro atoms. The van der Waals surface area contributed by atoms with Gasteiger partial charge in [-0.25, -0.2) is 0 Å². The van der Waals surface area contributed by atoms with E-state index in [9.17, 15) is 14.7 Å². The van der Waals surface area contributed by atoms with Gasteiger partial charge in [-0.15, -0.1) is 0 Å². The standard InChI is InChI=1S/C30H44O5/c1-4-6-8-10-27(32)34-21-13-15-22-20(18-21)12-14-24-23(22)16-17-30(3)25(24)19-26(31)29(30)35-28(33)11-9-7-5-2/h13,15,18,23-26,29,31H,4-12,14,16-17,19H2,1-3H3. The molecule has 3 aliphatic carbocycles. The van der Waals surface area contributed by atoms with Crippen molar-refractivity contribution < 1.29 is 24.2 Å². The van der Waals surface area contributed by atoms with Gasteiger partial charge in [-0.3, -0.25) is 9.59 Å². The number of carbonyl (C=O) groups is 2. The fraction of sp³-hybridized carbons (Fsp3) is 0.733. The van der Waals surface area contributed by atoms with Crippen molar-refractivity contribution in [3.63, 3.8) is 0 Å². The van der Waals surface area contributed by atoms with Gasteiger partial charge < -0.3 is 14.6 Å². The van der Waals surface area contributed by atoms with Gasteiger partial charge in [0, 0.05) is 18.3 Å². The van der Waals surface area contributed by atoms with E-state index in [1.807, 2.05) is 6.07 Å². The molecule has 1 aromatic rings. The highest BCUT2D eigenvalue weighted by molar-refractivity contribution is 5.72. The minimum atomic E-state index is -0.574. The Kier molecular flexibility index (Phi) is 8.57. The topological polar surface area (TPSA) is 72.8 Å². The number of esters is 2. The number of aryl methyl sites for hydroxylation is 1. The van der Waals surface area contributed by atoms with Gasteiger partial charge >= 0.3 is 11.9 Å². The molecule has 5 heteroatoms. The third-order valence-corrected chi connectivity index (χ3v) is 9.09. The Bertz CT molecular complexity index is 895. The summed E-state index contributed by atoms with van der Waals surface area (Å²) in [5.41, 5.74) is 2.52. The maximum absolute atomic E-state index is 12.5. The van der Waals surface area contributed by atoms with Gasteiger partial charge in [0.25, 0.3) is 0 Å². The lowest BCUT2D eigenvalue weighted by atomic mass is 9.55. The van der Waals surface area contributed by atoms with Gasteiger partial charge in [-0.05, 0) is 86.0 Å². The molecule has 0 saturated heterocycles. The quantitative estimate of drug-likeness (QED) is 0.233. The maximum Gasteiger partial charge on any atom is 0.311 e. The molecule has 5 nitrogen and oxygen atoms in total. The average Bonchev–Trinajstić information content (AvgIpc) is 3.09. The molecular weight excluding hydrogens is 440 g/mol. The van der Waals surface area contributed by atoms with E-state index in [4.69, 9.17) is 9.47 Å². The first-order chi connectivity index (χ1) is 16.9. The van der Waals surface area contributed by atoms with E-state index in [0.29, 0.717) is 42.8 Å². The van der Waals surface area contributed by atoms with E-state index in [0.717, 1.165) is 64.2 Å². The Morgan fingerprint density at radius 2 is 1.74 bits per heavy atom. The zero-order valence-corrected chi connectivity index (χ0v) is 21.9. The van der Waals surface area contributed by atoms with Gasteiger partial charge in [-0.1, -0.05) is 52.5 Å². The maximum atomic E-state index is 12.5. The van der Waals surface area contributed by atoms with Crippen LogP contribution in [0.2, 0.25) is 0 Å². The molecule has 6 atom stereocenters. The molecule has 1 aromatic carbocycles. The van der Waals surface area contributed by atoms with E-state index >= 15 is 0 Å². The lowest BCUT2D eigenvalue weighted by molar-refractivity contribution is -0.164. The van der Waals surface area contributed by atoms with Crippen molar-refractivity contribution in [1.82, 2.24) is 0 Å². The van der Waals surface area contributed by atoms with Crippen LogP contribution in [0, 0.1) is 17.3 Å². The minimum absolute atomic E-state index is 0.143. The van der Waals surface area contributed by atoms with Gasteiger partial charge in [0.15, 0.2) is 0 Å². The van der Waals surface area contributed by atoms with Crippen LogP contribution in [0.1, 0.15) is 115 Å². The van der Waals surface area contributed by atoms with Crippen LogP contribution in [0.25, 0.3) is 0 Å². The first kappa shape index (κ1) is 26.2. The van der Waals surface area contributed by atoms with Crippen LogP contribution < -0.4 is 4.74 Å². The first-order valence-corrected chi connectivity index (χ1v) is 14.1. The van der Waals surface area contributed by atoms with Crippen molar-refractivity contribution in [3.8, 4) is 5.75 Å². The van der Waals surface area contributed by atoms with E-state index in [1.165, 1.54) is 11.1 Å². The molecule has 2 saturated carbocycles. The molecule has 0 bridgehead atoms. The van der Waals surface area contributed by atoms with Crippen molar-refractivity contribution in [2.24, 2.45) is 17.3 Å². The largest absolute Gasteiger partial charge is 0.459 e. The van der Waals surface area contributed by atoms with E-state index < -0.39 is 12.2 Å². The summed E-state index contributed by atoms with van der Waals surface area (Å²) in [5.74, 6) is 1.66. The highest BCUT2D eigenvalue weighted by Crippen LogP contribution is 2.61. The second-order valence-corrected chi connectivity index (χ2v) is 11.4. The van der Waals surface area contributed by atoms with Crippen LogP contribution in [-0.2, 0) is 20.7 Å². The molecule has 0 radical (unpaired) electrons. The molecule has 0 amide bonds. The van der Waals surface area contributed by atoms with Crippen molar-refractivity contribution in [2.75, 3.05) is 0 Å². The summed E-state index contributed by atoms with van der Waals surface area (Å²) in [4.78, 5) is 24.7. The molecule has 0 aromatic heterocycles. The predicted octanol–water partition coefficient (Wildman–Crippen LogP) is 6.49. The highest BCUT2D eigenvalue weighted by atomic mass is 16.6. The number of rotatable bonds is 10. The van der Waals surface area contributed by atoms with Crippen molar-refractivity contribution >= 4 is 11.9 Å². The summed E-state index contributed by atoms with van der Waals surface area (Å²) in [5, 5.41) is 11.0. The van der Waals surface area contributed by atoms with Gasteiger partial charge in [0.1, 0.15) is 11.9 Å². The van der Waals surface area contributed by atoms with Crippen molar-refractivity contribution in [1.29, 1.82) is 0 Å². The third-order valence-electron chi connectivity index (χ3n) is 9.09. The molecule has 4 rings (SSSR count). The van der Waals surface area contributed by atoms with Gasteiger partial charge in [0.05, 0.1) is 6.10 Å². The average molecular weight is 485 g/mol. The summed E-state index contributed by atoms with van der Waals surface area (Å²) in [6.45, 7) is 6.49. The van der Waals surface area contributed by atoms with Crippen LogP contribution in [0.5, 0.6) is 5.75 Å². The number of carbonyl (C=O) groups excluding carboxylic acids is 2. The molecule has 0 aliphatic heterocycles. The monoisotopic (exact) mass is 484 g/mol. The van der Waals surface area contributed by atoms with Gasteiger partial charge in [0.2, 0.25) is 0 Å². The third kappa shape index (κ3) is 5.60. The zero-order valence-electron chi connectivity index (χ0n) is 21.9. The van der Waals surface area contributed by atoms with E-state index in [1.54, 1.807) is 0 Å². The van der Waals surface area contributed by atoms with Crippen molar-refractivity contribution in [3.05, 3.63) is 29.3 Å². The SMILES string of the molecule is CCCCCC(=O)Oc1ccc2c(c1)CCC1C2CCC2(C)C1CC(O)C2OC(=O)CCCCC. The number of benzene rings is 1. The number of fused-ring (bicyclic) bond motifs is 5. The fourth-order valence-electron chi connectivity index (χ4n) is 7.23. The summed E-state index contributed by atoms with van der Waals surface area (Å²) in [7, 11) is 0. The number of hydrogen-bond donors (Lipinski definition) is 1. The van der Waals surface area contributed by atoms with E-state index in [2.05, 4.69) is 32.9 Å². The Morgan fingerprint density at radius 1 is 1.03 bits per heavy atom. The second kappa shape index (κ2) is 11.5. The molecule has 0 heterocycles. The predicted molar refractivity (Wildman–Crippen MR) is 136 cm³/mol. The number of aliphatic hydroxyl groups excluding tert-OH is 1. The number of hydrogen-bond acceptors (Lipinski definition) is 5. The zero-order chi connectivity index (χ0) is 25.0. The van der Waals surface area contributed by atoms with Crippen LogP contribution in [0.15, 0.2) is 18.2 Å². The minimum Gasteiger partial charge on any atom is -0.459 e. The van der Waals surface area contributed by atoms with Crippen LogP contribution in [-0.4, -0.2) is 29.3 Å². The Morgan fingerprint density at radius 3 is 2.46 bits per heavy atom. The second-order valence-electron chi connectivity index (χ2n) is 11.4. The van der Waals surface area contributed by atoms with Gasteiger partial charge in [-0.2, -0.15) is 0 Å². The van der Waals surface area contributed by atoms with Crippen LogP contribution in [0.3, 0.4) is 0 Å². The Hall–Kier alpha value is -1.88. The number of unbranched alkanes of at least 4 members (excludes halogenated alkanes) is 4. The Balaban J connectivity index is 1.42. The molecule has 6 unspecified atom stereocenters. The van der Waals surface area contributed by atoms with E-state index in [-0.39, 0.29) is 17.4 Å². The van der Waals surface area contributed by atoms with Crippen LogP contribution >= 0.6 is 0 Å². The lowest BCUT2D eigenvalue weighted by Gasteiger charge is -2.50. The summed E-state index contributed by atoms with van der Waals surface area (Å²) in [6, 6.07) is 6.19. The normalized spacial score (nSPS) is 31.3. The van der Waals surface area contributed by atoms with Crippen LogP contribution in [0.4, 0.5) is 0 Å². The summed E-state index contributed by atoms with van der Waals surface area (Å²) >= 11 is 0. The first-order valence-electron chi connectivity index (χ1n) is 14.1. The number of ether oxygens (including phenoxy) is 2. The molecule has 3 aliphatic rings. The smallest absolute Gasteiger partial charge is 0.311 e. The number of aliphatic hydroxyl groups is 1. The van der Waals surface area contributed by atoms with Crippen molar-refractivity contribution in [2.45, 2.75) is 122 Å². The lowest BCUT2D eigenvalue weighted by Crippen LogP contribution is -2.46. The molecule has 35 heavy (non-hydrogen) atoms.